The molecular formula is C21H18ClN3O2. The molecule has 0 bridgehead atoms. The molecule has 0 saturated carbocycles. The van der Waals surface area contributed by atoms with Gasteiger partial charge in [-0.05, 0) is 29.8 Å². The molecule has 2 amide bonds. The third kappa shape index (κ3) is 5.15. The molecule has 3 rings (SSSR count). The zero-order chi connectivity index (χ0) is 19.1. The molecule has 6 heteroatoms. The summed E-state index contributed by atoms with van der Waals surface area (Å²) >= 11 is 6.11. The number of halogens is 1. The maximum atomic E-state index is 12.6. The molecule has 0 radical (unpaired) electrons. The van der Waals surface area contributed by atoms with Gasteiger partial charge in [0.15, 0.2) is 0 Å². The highest BCUT2D eigenvalue weighted by Crippen LogP contribution is 2.20. The Kier molecular flexibility index (Phi) is 6.18. The maximum Gasteiger partial charge on any atom is 0.253 e. The first-order valence-electron chi connectivity index (χ1n) is 8.44. The molecule has 136 valence electrons. The van der Waals surface area contributed by atoms with Crippen molar-refractivity contribution in [3.8, 4) is 0 Å². The molecule has 0 spiro atoms. The van der Waals surface area contributed by atoms with Crippen LogP contribution in [0.1, 0.15) is 28.4 Å². The van der Waals surface area contributed by atoms with Crippen molar-refractivity contribution >= 4 is 29.2 Å². The van der Waals surface area contributed by atoms with Gasteiger partial charge in [0.1, 0.15) is 5.82 Å². The molecule has 1 heterocycles. The zero-order valence-corrected chi connectivity index (χ0v) is 15.2. The number of anilines is 1. The quantitative estimate of drug-likeness (QED) is 0.673. The van der Waals surface area contributed by atoms with Gasteiger partial charge < -0.3 is 10.6 Å². The maximum absolute atomic E-state index is 12.6. The molecule has 1 aromatic heterocycles. The largest absolute Gasteiger partial charge is 0.345 e. The van der Waals surface area contributed by atoms with E-state index in [1.807, 2.05) is 30.3 Å². The smallest absolute Gasteiger partial charge is 0.253 e. The molecule has 0 aliphatic rings. The second-order valence-corrected chi connectivity index (χ2v) is 6.29. The lowest BCUT2D eigenvalue weighted by Crippen LogP contribution is -2.31. The number of rotatable bonds is 6. The monoisotopic (exact) mass is 379 g/mol. The lowest BCUT2D eigenvalue weighted by atomic mass is 10.0. The normalized spacial score (nSPS) is 11.4. The number of benzene rings is 2. The summed E-state index contributed by atoms with van der Waals surface area (Å²) in [6, 6.07) is 20.9. The third-order valence-corrected chi connectivity index (χ3v) is 4.28. The molecule has 27 heavy (non-hydrogen) atoms. The van der Waals surface area contributed by atoms with E-state index in [9.17, 15) is 9.59 Å². The second kappa shape index (κ2) is 8.96. The molecule has 5 nitrogen and oxygen atoms in total. The van der Waals surface area contributed by atoms with Crippen LogP contribution < -0.4 is 10.6 Å². The van der Waals surface area contributed by atoms with Gasteiger partial charge in [0.25, 0.3) is 5.91 Å². The van der Waals surface area contributed by atoms with E-state index in [2.05, 4.69) is 15.6 Å². The minimum atomic E-state index is -0.501. The molecule has 1 atom stereocenters. The first kappa shape index (κ1) is 18.6. The molecule has 2 aromatic carbocycles. The number of nitrogens with one attached hydrogen (secondary N) is 2. The van der Waals surface area contributed by atoms with Gasteiger partial charge in [0.2, 0.25) is 5.91 Å². The summed E-state index contributed by atoms with van der Waals surface area (Å²) in [6.45, 7) is 0. The Morgan fingerprint density at radius 2 is 1.63 bits per heavy atom. The third-order valence-electron chi connectivity index (χ3n) is 3.95. The number of hydrogen-bond acceptors (Lipinski definition) is 3. The van der Waals surface area contributed by atoms with Gasteiger partial charge >= 0.3 is 0 Å². The average Bonchev–Trinajstić information content (AvgIpc) is 2.69. The number of hydrogen-bond donors (Lipinski definition) is 2. The highest BCUT2D eigenvalue weighted by Gasteiger charge is 2.20. The predicted molar refractivity (Wildman–Crippen MR) is 106 cm³/mol. The van der Waals surface area contributed by atoms with Crippen LogP contribution in [0.2, 0.25) is 5.02 Å². The molecule has 0 aliphatic heterocycles. The molecule has 3 aromatic rings. The fourth-order valence-corrected chi connectivity index (χ4v) is 2.86. The van der Waals surface area contributed by atoms with Gasteiger partial charge in [-0.2, -0.15) is 0 Å². The van der Waals surface area contributed by atoms with E-state index in [0.29, 0.717) is 16.4 Å². The zero-order valence-electron chi connectivity index (χ0n) is 14.4. The lowest BCUT2D eigenvalue weighted by molar-refractivity contribution is -0.116. The van der Waals surface area contributed by atoms with Crippen molar-refractivity contribution in [1.29, 1.82) is 0 Å². The molecular weight excluding hydrogens is 362 g/mol. The second-order valence-electron chi connectivity index (χ2n) is 5.88. The Morgan fingerprint density at radius 3 is 2.33 bits per heavy atom. The topological polar surface area (TPSA) is 71.1 Å². The summed E-state index contributed by atoms with van der Waals surface area (Å²) in [5.41, 5.74) is 1.19. The van der Waals surface area contributed by atoms with Crippen molar-refractivity contribution in [2.24, 2.45) is 0 Å². The number of carbonyl (C=O) groups is 2. The van der Waals surface area contributed by atoms with Crippen molar-refractivity contribution in [3.05, 3.63) is 95.1 Å². The van der Waals surface area contributed by atoms with Crippen LogP contribution in [0.25, 0.3) is 0 Å². The summed E-state index contributed by atoms with van der Waals surface area (Å²) in [6.07, 6.45) is 1.67. The summed E-state index contributed by atoms with van der Waals surface area (Å²) < 4.78 is 0. The van der Waals surface area contributed by atoms with Gasteiger partial charge in [-0.25, -0.2) is 4.98 Å². The number of aromatic nitrogens is 1. The SMILES string of the molecule is O=C(CC(NC(=O)c1ccccc1Cl)c1ccccc1)Nc1ccccn1. The van der Waals surface area contributed by atoms with Crippen LogP contribution in [0.5, 0.6) is 0 Å². The number of amides is 2. The summed E-state index contributed by atoms with van der Waals surface area (Å²) in [4.78, 5) is 29.2. The van der Waals surface area contributed by atoms with Crippen molar-refractivity contribution in [1.82, 2.24) is 10.3 Å². The average molecular weight is 380 g/mol. The van der Waals surface area contributed by atoms with Crippen LogP contribution in [0.15, 0.2) is 79.0 Å². The van der Waals surface area contributed by atoms with Gasteiger partial charge in [-0.1, -0.05) is 60.1 Å². The van der Waals surface area contributed by atoms with Gasteiger partial charge in [-0.3, -0.25) is 9.59 Å². The number of nitrogens with zero attached hydrogens (tertiary/aromatic N) is 1. The first-order valence-corrected chi connectivity index (χ1v) is 8.82. The summed E-state index contributed by atoms with van der Waals surface area (Å²) in [5.74, 6) is -0.117. The highest BCUT2D eigenvalue weighted by atomic mass is 35.5. The van der Waals surface area contributed by atoms with Crippen LogP contribution in [0.4, 0.5) is 5.82 Å². The minimum absolute atomic E-state index is 0.0663. The van der Waals surface area contributed by atoms with Crippen LogP contribution in [0, 0.1) is 0 Å². The first-order chi connectivity index (χ1) is 13.1. The van der Waals surface area contributed by atoms with Crippen LogP contribution in [-0.2, 0) is 4.79 Å². The summed E-state index contributed by atoms with van der Waals surface area (Å²) in [7, 11) is 0. The fraction of sp³-hybridized carbons (Fsp3) is 0.0952. The van der Waals surface area contributed by atoms with Crippen molar-refractivity contribution < 1.29 is 9.59 Å². The molecule has 2 N–H and O–H groups in total. The Morgan fingerprint density at radius 1 is 0.926 bits per heavy atom. The Labute approximate surface area is 162 Å². The standard InChI is InChI=1S/C21H18ClN3O2/c22-17-11-5-4-10-16(17)21(27)24-18(15-8-2-1-3-9-15)14-20(26)25-19-12-6-7-13-23-19/h1-13,18H,14H2,(H,24,27)(H,23,25,26). The highest BCUT2D eigenvalue weighted by molar-refractivity contribution is 6.33. The van der Waals surface area contributed by atoms with E-state index in [0.717, 1.165) is 5.56 Å². The predicted octanol–water partition coefficient (Wildman–Crippen LogP) is 4.23. The van der Waals surface area contributed by atoms with Crippen LogP contribution >= 0.6 is 11.6 Å². The molecule has 0 saturated heterocycles. The van der Waals surface area contributed by atoms with E-state index in [-0.39, 0.29) is 18.2 Å². The van der Waals surface area contributed by atoms with Crippen molar-refractivity contribution in [3.63, 3.8) is 0 Å². The van der Waals surface area contributed by atoms with E-state index >= 15 is 0 Å². The fourth-order valence-electron chi connectivity index (χ4n) is 2.63. The Hall–Kier alpha value is -3.18. The van der Waals surface area contributed by atoms with E-state index in [1.165, 1.54) is 0 Å². The van der Waals surface area contributed by atoms with Crippen LogP contribution in [-0.4, -0.2) is 16.8 Å². The Bertz CT molecular complexity index is 917. The molecule has 0 aliphatic carbocycles. The minimum Gasteiger partial charge on any atom is -0.345 e. The van der Waals surface area contributed by atoms with E-state index in [4.69, 9.17) is 11.6 Å². The van der Waals surface area contributed by atoms with Gasteiger partial charge in [0, 0.05) is 6.20 Å². The van der Waals surface area contributed by atoms with Crippen molar-refractivity contribution in [2.45, 2.75) is 12.5 Å². The Balaban J connectivity index is 1.76. The number of pyridine rings is 1. The van der Waals surface area contributed by atoms with Gasteiger partial charge in [-0.15, -0.1) is 0 Å². The molecule has 1 unspecified atom stereocenters. The van der Waals surface area contributed by atoms with E-state index < -0.39 is 6.04 Å². The number of carbonyl (C=O) groups excluding carboxylic acids is 2. The van der Waals surface area contributed by atoms with Crippen LogP contribution in [0.3, 0.4) is 0 Å². The summed E-state index contributed by atoms with van der Waals surface area (Å²) in [5, 5.41) is 6.00. The van der Waals surface area contributed by atoms with E-state index in [1.54, 1.807) is 48.7 Å². The molecule has 0 fully saturated rings. The van der Waals surface area contributed by atoms with Crippen molar-refractivity contribution in [2.75, 3.05) is 5.32 Å². The van der Waals surface area contributed by atoms with Gasteiger partial charge in [0.05, 0.1) is 23.0 Å². The lowest BCUT2D eigenvalue weighted by Gasteiger charge is -2.19.